The molecule has 0 saturated heterocycles. The van der Waals surface area contributed by atoms with Crippen molar-refractivity contribution in [3.63, 3.8) is 0 Å². The van der Waals surface area contributed by atoms with Crippen molar-refractivity contribution >= 4 is 28.5 Å². The van der Waals surface area contributed by atoms with Crippen LogP contribution in [0.1, 0.15) is 26.3 Å². The van der Waals surface area contributed by atoms with E-state index in [1.807, 2.05) is 32.9 Å². The maximum atomic E-state index is 13.8. The van der Waals surface area contributed by atoms with Gasteiger partial charge in [0.2, 0.25) is 0 Å². The van der Waals surface area contributed by atoms with Crippen LogP contribution in [0.4, 0.5) is 8.78 Å². The van der Waals surface area contributed by atoms with Crippen molar-refractivity contribution in [3.8, 4) is 11.1 Å². The summed E-state index contributed by atoms with van der Waals surface area (Å²) in [5.41, 5.74) is 2.10. The molecule has 0 aliphatic rings. The molecular weight excluding hydrogens is 354 g/mol. The molecule has 0 aliphatic heterocycles. The fraction of sp³-hybridized carbons (Fsp3) is 0.200. The molecule has 3 rings (SSSR count). The molecule has 0 radical (unpaired) electrons. The second-order valence-corrected chi connectivity index (χ2v) is 8.79. The first-order valence-electron chi connectivity index (χ1n) is 8.06. The number of hydrogen-bond acceptors (Lipinski definition) is 3. The van der Waals surface area contributed by atoms with Crippen molar-refractivity contribution in [2.75, 3.05) is 0 Å². The van der Waals surface area contributed by atoms with Crippen LogP contribution in [0.3, 0.4) is 0 Å². The van der Waals surface area contributed by atoms with E-state index in [0.29, 0.717) is 22.2 Å². The van der Waals surface area contributed by atoms with Crippen LogP contribution in [0.25, 0.3) is 22.0 Å². The van der Waals surface area contributed by atoms with Crippen LogP contribution < -0.4 is 0 Å². The summed E-state index contributed by atoms with van der Waals surface area (Å²) >= 11 is -1.44. The molecule has 1 unspecified atom stereocenters. The summed E-state index contributed by atoms with van der Waals surface area (Å²) < 4.78 is 43.4. The zero-order chi connectivity index (χ0) is 18.9. The van der Waals surface area contributed by atoms with E-state index in [4.69, 9.17) is 0 Å². The molecule has 0 aliphatic carbocycles. The van der Waals surface area contributed by atoms with Crippen LogP contribution in [0.5, 0.6) is 0 Å². The normalized spacial score (nSPS) is 13.5. The molecule has 134 valence electrons. The van der Waals surface area contributed by atoms with Crippen molar-refractivity contribution in [2.24, 2.45) is 4.40 Å². The van der Waals surface area contributed by atoms with Gasteiger partial charge < -0.3 is 4.55 Å². The highest BCUT2D eigenvalue weighted by Gasteiger charge is 2.26. The Hall–Kier alpha value is -2.31. The molecule has 1 heterocycles. The lowest BCUT2D eigenvalue weighted by molar-refractivity contribution is 0.562. The molecule has 3 aromatic rings. The fourth-order valence-electron chi connectivity index (χ4n) is 2.53. The smallest absolute Gasteiger partial charge is 0.144 e. The van der Waals surface area contributed by atoms with E-state index in [2.05, 4.69) is 9.38 Å². The molecule has 0 fully saturated rings. The van der Waals surface area contributed by atoms with Gasteiger partial charge in [-0.2, -0.15) is 0 Å². The van der Waals surface area contributed by atoms with Gasteiger partial charge in [-0.25, -0.2) is 8.78 Å². The largest absolute Gasteiger partial charge is 0.591 e. The van der Waals surface area contributed by atoms with Gasteiger partial charge in [-0.1, -0.05) is 22.6 Å². The third-order valence-electron chi connectivity index (χ3n) is 3.77. The summed E-state index contributed by atoms with van der Waals surface area (Å²) in [7, 11) is 0. The van der Waals surface area contributed by atoms with Crippen LogP contribution in [0.2, 0.25) is 0 Å². The summed E-state index contributed by atoms with van der Waals surface area (Å²) in [6, 6.07) is 10.6. The highest BCUT2D eigenvalue weighted by atomic mass is 32.2. The number of pyridine rings is 1. The highest BCUT2D eigenvalue weighted by Crippen LogP contribution is 2.31. The number of benzene rings is 2. The number of fused-ring (bicyclic) bond motifs is 1. The molecule has 0 N–H and O–H groups in total. The first kappa shape index (κ1) is 18.5. The highest BCUT2D eigenvalue weighted by molar-refractivity contribution is 7.91. The zero-order valence-corrected chi connectivity index (χ0v) is 15.5. The van der Waals surface area contributed by atoms with Crippen molar-refractivity contribution < 1.29 is 13.3 Å². The van der Waals surface area contributed by atoms with Gasteiger partial charge >= 0.3 is 0 Å². The Bertz CT molecular complexity index is 963. The number of nitrogens with zero attached hydrogens (tertiary/aromatic N) is 2. The quantitative estimate of drug-likeness (QED) is 0.476. The molecule has 0 amide bonds. The first-order valence-corrected chi connectivity index (χ1v) is 9.16. The van der Waals surface area contributed by atoms with Gasteiger partial charge in [0.1, 0.15) is 27.7 Å². The topological polar surface area (TPSA) is 48.3 Å². The lowest BCUT2D eigenvalue weighted by Gasteiger charge is -2.18. The third-order valence-corrected chi connectivity index (χ3v) is 5.11. The van der Waals surface area contributed by atoms with Crippen LogP contribution in [-0.4, -0.2) is 20.5 Å². The zero-order valence-electron chi connectivity index (χ0n) is 14.7. The van der Waals surface area contributed by atoms with E-state index >= 15 is 0 Å². The average molecular weight is 372 g/mol. The maximum Gasteiger partial charge on any atom is 0.144 e. The lowest BCUT2D eigenvalue weighted by atomic mass is 9.96. The van der Waals surface area contributed by atoms with Crippen LogP contribution >= 0.6 is 0 Å². The number of aromatic nitrogens is 1. The molecule has 26 heavy (non-hydrogen) atoms. The summed E-state index contributed by atoms with van der Waals surface area (Å²) in [6.07, 6.45) is 3.10. The Balaban J connectivity index is 2.22. The SMILES string of the molecule is CC(C)(C)[S+]([O-])N=Cc1ccc2cccnc2c1-c1cc(F)cc(F)c1. The van der Waals surface area contributed by atoms with Crippen molar-refractivity contribution in [1.29, 1.82) is 0 Å². The summed E-state index contributed by atoms with van der Waals surface area (Å²) in [4.78, 5) is 4.37. The Morgan fingerprint density at radius 3 is 2.42 bits per heavy atom. The average Bonchev–Trinajstić information content (AvgIpc) is 2.57. The maximum absolute atomic E-state index is 13.8. The van der Waals surface area contributed by atoms with Gasteiger partial charge in [0, 0.05) is 28.8 Å². The van der Waals surface area contributed by atoms with Crippen LogP contribution in [-0.2, 0) is 11.4 Å². The molecule has 1 aromatic heterocycles. The van der Waals surface area contributed by atoms with E-state index in [0.717, 1.165) is 11.5 Å². The molecule has 0 saturated carbocycles. The van der Waals surface area contributed by atoms with Gasteiger partial charge in [-0.05, 0) is 44.5 Å². The van der Waals surface area contributed by atoms with Crippen molar-refractivity contribution in [3.05, 3.63) is 65.9 Å². The summed E-state index contributed by atoms with van der Waals surface area (Å²) in [5, 5.41) is 0.835. The number of halogens is 2. The van der Waals surface area contributed by atoms with Gasteiger partial charge in [0.15, 0.2) is 0 Å². The Kier molecular flexibility index (Phi) is 5.07. The molecule has 0 spiro atoms. The second-order valence-electron chi connectivity index (χ2n) is 6.86. The van der Waals surface area contributed by atoms with E-state index in [9.17, 15) is 13.3 Å². The monoisotopic (exact) mass is 372 g/mol. The predicted molar refractivity (Wildman–Crippen MR) is 103 cm³/mol. The minimum Gasteiger partial charge on any atom is -0.591 e. The fourth-order valence-corrected chi connectivity index (χ4v) is 3.06. The van der Waals surface area contributed by atoms with Crippen LogP contribution in [0.15, 0.2) is 53.1 Å². The van der Waals surface area contributed by atoms with E-state index in [1.165, 1.54) is 18.3 Å². The van der Waals surface area contributed by atoms with E-state index in [-0.39, 0.29) is 0 Å². The number of rotatable bonds is 3. The van der Waals surface area contributed by atoms with Gasteiger partial charge in [-0.15, -0.1) is 0 Å². The van der Waals surface area contributed by atoms with E-state index in [1.54, 1.807) is 18.3 Å². The lowest BCUT2D eigenvalue weighted by Crippen LogP contribution is -2.25. The van der Waals surface area contributed by atoms with Gasteiger partial charge in [-0.3, -0.25) is 4.98 Å². The van der Waals surface area contributed by atoms with Crippen molar-refractivity contribution in [2.45, 2.75) is 25.5 Å². The minimum absolute atomic E-state index is 0.356. The molecule has 6 heteroatoms. The minimum atomic E-state index is -1.44. The molecular formula is C20H18F2N2OS. The number of hydrogen-bond donors (Lipinski definition) is 0. The third kappa shape index (κ3) is 3.92. The predicted octanol–water partition coefficient (Wildman–Crippen LogP) is 5.06. The Labute approximate surface area is 154 Å². The second kappa shape index (κ2) is 7.13. The van der Waals surface area contributed by atoms with E-state index < -0.39 is 27.7 Å². The standard InChI is InChI=1S/C20H18F2N2OS/c1-20(2,3)26(25)24-12-14-7-6-13-5-4-8-23-19(13)18(14)15-9-16(21)11-17(22)10-15/h4-12H,1-3H3. The molecule has 2 aromatic carbocycles. The Morgan fingerprint density at radius 2 is 1.77 bits per heavy atom. The summed E-state index contributed by atoms with van der Waals surface area (Å²) in [6.45, 7) is 5.47. The Morgan fingerprint density at radius 1 is 1.08 bits per heavy atom. The van der Waals surface area contributed by atoms with Gasteiger partial charge in [0.25, 0.3) is 0 Å². The summed E-state index contributed by atoms with van der Waals surface area (Å²) in [5.74, 6) is -1.34. The molecule has 0 bridgehead atoms. The molecule has 3 nitrogen and oxygen atoms in total. The van der Waals surface area contributed by atoms with Crippen LogP contribution in [0, 0.1) is 11.6 Å². The van der Waals surface area contributed by atoms with Crippen molar-refractivity contribution in [1.82, 2.24) is 4.98 Å². The van der Waals surface area contributed by atoms with Gasteiger partial charge in [0.05, 0.1) is 11.7 Å². The first-order chi connectivity index (χ1) is 12.3. The molecule has 1 atom stereocenters.